The third-order valence-corrected chi connectivity index (χ3v) is 7.34. The van der Waals surface area contributed by atoms with Crippen LogP contribution in [-0.4, -0.2) is 40.3 Å². The Labute approximate surface area is 218 Å². The molecule has 0 radical (unpaired) electrons. The standard InChI is InChI=1S/C24H19F5N6O3S/c1-13-19(26)8-20(35(13)39(36,37)17-5-3-15(25)4-6-17)22(30)32-11-16-7-18(21(38-2)12-31-16)14-9-33-23(34-10-14)24(27,28)29/h3-10,12H,11H2,1-2H3,(H2,30,32). The molecule has 0 amide bonds. The van der Waals surface area contributed by atoms with Gasteiger partial charge < -0.3 is 10.5 Å². The van der Waals surface area contributed by atoms with E-state index in [-0.39, 0.29) is 45.7 Å². The number of amidine groups is 1. The van der Waals surface area contributed by atoms with Gasteiger partial charge in [0.05, 0.1) is 36.1 Å². The molecule has 0 fully saturated rings. The van der Waals surface area contributed by atoms with Gasteiger partial charge in [0.1, 0.15) is 28.9 Å². The Morgan fingerprint density at radius 1 is 1.05 bits per heavy atom. The Morgan fingerprint density at radius 2 is 1.69 bits per heavy atom. The topological polar surface area (TPSA) is 125 Å². The fourth-order valence-electron chi connectivity index (χ4n) is 3.58. The molecule has 0 bridgehead atoms. The summed E-state index contributed by atoms with van der Waals surface area (Å²) < 4.78 is 98.6. The summed E-state index contributed by atoms with van der Waals surface area (Å²) in [4.78, 5) is 14.7. The third kappa shape index (κ3) is 5.57. The number of hydrogen-bond donors (Lipinski definition) is 1. The van der Waals surface area contributed by atoms with E-state index >= 15 is 0 Å². The lowest BCUT2D eigenvalue weighted by Gasteiger charge is -2.13. The van der Waals surface area contributed by atoms with Crippen LogP contribution in [0.25, 0.3) is 11.1 Å². The molecule has 39 heavy (non-hydrogen) atoms. The highest BCUT2D eigenvalue weighted by Crippen LogP contribution is 2.31. The zero-order valence-corrected chi connectivity index (χ0v) is 21.1. The zero-order valence-electron chi connectivity index (χ0n) is 20.2. The number of methoxy groups -OCH3 is 1. The molecule has 0 atom stereocenters. The van der Waals surface area contributed by atoms with Crippen molar-refractivity contribution in [2.45, 2.75) is 24.5 Å². The van der Waals surface area contributed by atoms with E-state index in [1.807, 2.05) is 0 Å². The second kappa shape index (κ2) is 10.4. The lowest BCUT2D eigenvalue weighted by atomic mass is 10.1. The van der Waals surface area contributed by atoms with Crippen LogP contribution in [0.3, 0.4) is 0 Å². The minimum Gasteiger partial charge on any atom is -0.494 e. The fraction of sp³-hybridized carbons (Fsp3) is 0.167. The number of aromatic nitrogens is 4. The molecule has 0 aliphatic carbocycles. The van der Waals surface area contributed by atoms with Gasteiger partial charge in [-0.2, -0.15) is 13.2 Å². The van der Waals surface area contributed by atoms with Crippen LogP contribution in [0, 0.1) is 18.6 Å². The van der Waals surface area contributed by atoms with Crippen LogP contribution >= 0.6 is 0 Å². The molecule has 15 heteroatoms. The monoisotopic (exact) mass is 566 g/mol. The number of aliphatic imine (C=N–C) groups is 1. The van der Waals surface area contributed by atoms with E-state index in [9.17, 15) is 30.4 Å². The molecule has 9 nitrogen and oxygen atoms in total. The van der Waals surface area contributed by atoms with Crippen LogP contribution in [0.2, 0.25) is 0 Å². The van der Waals surface area contributed by atoms with Gasteiger partial charge in [-0.3, -0.25) is 9.98 Å². The molecule has 204 valence electrons. The number of halogens is 5. The SMILES string of the molecule is COc1cnc(CN=C(N)c2cc(F)c(C)n2S(=O)(=O)c2ccc(F)cc2)cc1-c1cnc(C(F)(F)F)nc1. The Kier molecular flexibility index (Phi) is 7.37. The van der Waals surface area contributed by atoms with E-state index < -0.39 is 33.7 Å². The van der Waals surface area contributed by atoms with Gasteiger partial charge in [0.2, 0.25) is 5.82 Å². The highest BCUT2D eigenvalue weighted by atomic mass is 32.2. The van der Waals surface area contributed by atoms with Gasteiger partial charge in [-0.25, -0.2) is 31.1 Å². The molecule has 0 saturated heterocycles. The van der Waals surface area contributed by atoms with Gasteiger partial charge in [-0.1, -0.05) is 0 Å². The van der Waals surface area contributed by atoms with Crippen LogP contribution in [0.4, 0.5) is 22.0 Å². The Bertz CT molecular complexity index is 1650. The molecule has 0 aliphatic rings. The van der Waals surface area contributed by atoms with Crippen molar-refractivity contribution >= 4 is 15.9 Å². The molecule has 0 aliphatic heterocycles. The quantitative estimate of drug-likeness (QED) is 0.203. The van der Waals surface area contributed by atoms with E-state index in [1.165, 1.54) is 26.3 Å². The third-order valence-electron chi connectivity index (χ3n) is 5.52. The average Bonchev–Trinajstić information content (AvgIpc) is 3.21. The lowest BCUT2D eigenvalue weighted by molar-refractivity contribution is -0.144. The number of rotatable bonds is 7. The van der Waals surface area contributed by atoms with Crippen molar-refractivity contribution in [2.75, 3.05) is 7.11 Å². The van der Waals surface area contributed by atoms with Crippen molar-refractivity contribution in [1.29, 1.82) is 0 Å². The largest absolute Gasteiger partial charge is 0.494 e. The van der Waals surface area contributed by atoms with E-state index in [2.05, 4.69) is 19.9 Å². The van der Waals surface area contributed by atoms with Crippen LogP contribution in [-0.2, 0) is 22.7 Å². The minimum absolute atomic E-state index is 0.206. The zero-order chi connectivity index (χ0) is 28.5. The van der Waals surface area contributed by atoms with Crippen molar-refractivity contribution in [3.8, 4) is 16.9 Å². The van der Waals surface area contributed by atoms with Crippen molar-refractivity contribution < 1.29 is 35.1 Å². The Hall–Kier alpha value is -4.40. The first-order valence-electron chi connectivity index (χ1n) is 10.9. The first kappa shape index (κ1) is 27.6. The first-order valence-corrected chi connectivity index (χ1v) is 12.4. The van der Waals surface area contributed by atoms with E-state index in [0.29, 0.717) is 9.54 Å². The van der Waals surface area contributed by atoms with E-state index in [1.54, 1.807) is 0 Å². The van der Waals surface area contributed by atoms with Gasteiger partial charge in [0, 0.05) is 29.6 Å². The van der Waals surface area contributed by atoms with Gasteiger partial charge in [0.15, 0.2) is 0 Å². The summed E-state index contributed by atoms with van der Waals surface area (Å²) in [5.41, 5.74) is 6.31. The Morgan fingerprint density at radius 3 is 2.28 bits per heavy atom. The average molecular weight is 567 g/mol. The van der Waals surface area contributed by atoms with Gasteiger partial charge in [-0.05, 0) is 37.3 Å². The van der Waals surface area contributed by atoms with Gasteiger partial charge >= 0.3 is 6.18 Å². The van der Waals surface area contributed by atoms with Gasteiger partial charge in [-0.15, -0.1) is 0 Å². The fourth-order valence-corrected chi connectivity index (χ4v) is 5.13. The molecule has 0 unspecified atom stereocenters. The maximum Gasteiger partial charge on any atom is 0.451 e. The molecule has 1 aromatic carbocycles. The predicted molar refractivity (Wildman–Crippen MR) is 129 cm³/mol. The summed E-state index contributed by atoms with van der Waals surface area (Å²) >= 11 is 0. The number of nitrogens with zero attached hydrogens (tertiary/aromatic N) is 5. The molecule has 3 heterocycles. The van der Waals surface area contributed by atoms with Crippen molar-refractivity contribution in [2.24, 2.45) is 10.7 Å². The smallest absolute Gasteiger partial charge is 0.451 e. The second-order valence-electron chi connectivity index (χ2n) is 8.06. The first-order chi connectivity index (χ1) is 18.3. The predicted octanol–water partition coefficient (Wildman–Crippen LogP) is 4.10. The van der Waals surface area contributed by atoms with E-state index in [0.717, 1.165) is 42.7 Å². The molecular weight excluding hydrogens is 547 g/mol. The summed E-state index contributed by atoms with van der Waals surface area (Å²) in [6.07, 6.45) is -1.45. The number of pyridine rings is 1. The minimum atomic E-state index is -4.71. The Balaban J connectivity index is 1.68. The summed E-state index contributed by atoms with van der Waals surface area (Å²) in [5.74, 6) is -2.94. The molecule has 3 aromatic heterocycles. The normalized spacial score (nSPS) is 12.5. The van der Waals surface area contributed by atoms with Crippen molar-refractivity contribution in [3.05, 3.63) is 89.5 Å². The maximum atomic E-state index is 14.5. The van der Waals surface area contributed by atoms with E-state index in [4.69, 9.17) is 10.5 Å². The molecule has 0 spiro atoms. The van der Waals surface area contributed by atoms with Crippen molar-refractivity contribution in [3.63, 3.8) is 0 Å². The molecule has 4 rings (SSSR count). The second-order valence-corrected chi connectivity index (χ2v) is 9.84. The molecule has 0 saturated carbocycles. The van der Waals surface area contributed by atoms with Crippen LogP contribution < -0.4 is 10.5 Å². The number of ether oxygens (including phenoxy) is 1. The summed E-state index contributed by atoms with van der Waals surface area (Å²) in [5, 5.41) is 0. The van der Waals surface area contributed by atoms with Crippen LogP contribution in [0.1, 0.15) is 22.9 Å². The highest BCUT2D eigenvalue weighted by Gasteiger charge is 2.34. The summed E-state index contributed by atoms with van der Waals surface area (Å²) in [6, 6.07) is 6.34. The lowest BCUT2D eigenvalue weighted by Crippen LogP contribution is -2.24. The number of nitrogens with two attached hydrogens (primary N) is 1. The summed E-state index contributed by atoms with van der Waals surface area (Å²) in [6.45, 7) is 1.02. The van der Waals surface area contributed by atoms with Crippen LogP contribution in [0.15, 0.2) is 64.9 Å². The molecule has 2 N–H and O–H groups in total. The maximum absolute atomic E-state index is 14.5. The highest BCUT2D eigenvalue weighted by molar-refractivity contribution is 7.90. The van der Waals surface area contributed by atoms with Crippen molar-refractivity contribution in [1.82, 2.24) is 18.9 Å². The molecule has 4 aromatic rings. The number of benzene rings is 1. The van der Waals surface area contributed by atoms with Crippen LogP contribution in [0.5, 0.6) is 5.75 Å². The molecular formula is C24H19F5N6O3S. The summed E-state index contributed by atoms with van der Waals surface area (Å²) in [7, 11) is -3.03. The number of hydrogen-bond acceptors (Lipinski definition) is 7. The van der Waals surface area contributed by atoms with Gasteiger partial charge in [0.25, 0.3) is 10.0 Å². The number of alkyl halides is 3.